The Morgan fingerprint density at radius 1 is 1.40 bits per heavy atom. The topological polar surface area (TPSA) is 60.8 Å². The van der Waals surface area contributed by atoms with E-state index < -0.39 is 0 Å². The number of phenols is 1. The molecule has 1 unspecified atom stereocenters. The number of piperidine rings is 1. The first-order chi connectivity index (χ1) is 9.61. The fourth-order valence-electron chi connectivity index (χ4n) is 2.89. The standard InChI is InChI=1S/C16H23NO3/c1-12(19)13-5-6-16(20)14(10-13)11-17-8-3-2-4-15(17)7-9-18/h5-6,10,15,18,20H,2-4,7-9,11H2,1H3. The number of ketones is 1. The van der Waals surface area contributed by atoms with Gasteiger partial charge in [-0.1, -0.05) is 6.42 Å². The molecular weight excluding hydrogens is 254 g/mol. The number of phenolic OH excluding ortho intramolecular Hbond substituents is 1. The van der Waals surface area contributed by atoms with Crippen molar-refractivity contribution < 1.29 is 15.0 Å². The van der Waals surface area contributed by atoms with Gasteiger partial charge < -0.3 is 10.2 Å². The van der Waals surface area contributed by atoms with E-state index in [1.54, 1.807) is 18.2 Å². The van der Waals surface area contributed by atoms with Crippen LogP contribution in [0.4, 0.5) is 0 Å². The van der Waals surface area contributed by atoms with Crippen LogP contribution >= 0.6 is 0 Å². The number of aliphatic hydroxyl groups is 1. The molecule has 0 aromatic heterocycles. The first-order valence-electron chi connectivity index (χ1n) is 7.29. The first-order valence-corrected chi connectivity index (χ1v) is 7.29. The lowest BCUT2D eigenvalue weighted by atomic mass is 9.98. The van der Waals surface area contributed by atoms with Crippen molar-refractivity contribution >= 4 is 5.78 Å². The van der Waals surface area contributed by atoms with Gasteiger partial charge in [-0.2, -0.15) is 0 Å². The Morgan fingerprint density at radius 2 is 2.20 bits per heavy atom. The molecule has 0 saturated carbocycles. The lowest BCUT2D eigenvalue weighted by Gasteiger charge is -2.35. The van der Waals surface area contributed by atoms with E-state index in [-0.39, 0.29) is 18.1 Å². The smallest absolute Gasteiger partial charge is 0.159 e. The Balaban J connectivity index is 2.14. The Labute approximate surface area is 120 Å². The largest absolute Gasteiger partial charge is 0.508 e. The molecule has 0 radical (unpaired) electrons. The number of hydrogen-bond donors (Lipinski definition) is 2. The SMILES string of the molecule is CC(=O)c1ccc(O)c(CN2CCCCC2CCO)c1. The summed E-state index contributed by atoms with van der Waals surface area (Å²) in [4.78, 5) is 13.7. The van der Waals surface area contributed by atoms with Gasteiger partial charge in [-0.3, -0.25) is 9.69 Å². The van der Waals surface area contributed by atoms with Crippen LogP contribution in [0.3, 0.4) is 0 Å². The summed E-state index contributed by atoms with van der Waals surface area (Å²) in [5, 5.41) is 19.1. The molecule has 4 nitrogen and oxygen atoms in total. The lowest BCUT2D eigenvalue weighted by Crippen LogP contribution is -2.39. The van der Waals surface area contributed by atoms with E-state index in [4.69, 9.17) is 5.11 Å². The molecule has 0 amide bonds. The molecule has 0 spiro atoms. The third kappa shape index (κ3) is 3.58. The number of Topliss-reactive ketones (excluding diaryl/α,β-unsaturated/α-hetero) is 1. The van der Waals surface area contributed by atoms with E-state index in [0.29, 0.717) is 18.2 Å². The fraction of sp³-hybridized carbons (Fsp3) is 0.562. The molecule has 1 heterocycles. The van der Waals surface area contributed by atoms with Crippen LogP contribution < -0.4 is 0 Å². The molecule has 0 bridgehead atoms. The molecule has 1 aliphatic rings. The molecule has 1 aliphatic heterocycles. The highest BCUT2D eigenvalue weighted by molar-refractivity contribution is 5.94. The van der Waals surface area contributed by atoms with Crippen molar-refractivity contribution in [2.45, 2.75) is 45.2 Å². The monoisotopic (exact) mass is 277 g/mol. The van der Waals surface area contributed by atoms with Crippen LogP contribution in [0.1, 0.15) is 48.5 Å². The van der Waals surface area contributed by atoms with Gasteiger partial charge in [-0.25, -0.2) is 0 Å². The summed E-state index contributed by atoms with van der Waals surface area (Å²) >= 11 is 0. The average Bonchev–Trinajstić information content (AvgIpc) is 2.43. The third-order valence-corrected chi connectivity index (χ3v) is 4.07. The van der Waals surface area contributed by atoms with Gasteiger partial charge in [0, 0.05) is 30.3 Å². The number of likely N-dealkylation sites (tertiary alicyclic amines) is 1. The minimum atomic E-state index is 0.0109. The van der Waals surface area contributed by atoms with Crippen LogP contribution in [0.25, 0.3) is 0 Å². The summed E-state index contributed by atoms with van der Waals surface area (Å²) in [6, 6.07) is 5.40. The molecule has 1 aromatic rings. The van der Waals surface area contributed by atoms with Crippen molar-refractivity contribution in [2.75, 3.05) is 13.2 Å². The van der Waals surface area contributed by atoms with Crippen molar-refractivity contribution in [1.29, 1.82) is 0 Å². The van der Waals surface area contributed by atoms with Gasteiger partial charge in [0.15, 0.2) is 5.78 Å². The van der Waals surface area contributed by atoms with Gasteiger partial charge in [0.25, 0.3) is 0 Å². The maximum absolute atomic E-state index is 11.4. The number of rotatable bonds is 5. The van der Waals surface area contributed by atoms with Crippen LogP contribution in [0.2, 0.25) is 0 Å². The van der Waals surface area contributed by atoms with Gasteiger partial charge in [0.1, 0.15) is 5.75 Å². The maximum Gasteiger partial charge on any atom is 0.159 e. The summed E-state index contributed by atoms with van der Waals surface area (Å²) in [6.07, 6.45) is 4.20. The van der Waals surface area contributed by atoms with Crippen LogP contribution in [0.5, 0.6) is 5.75 Å². The Kier molecular flexibility index (Phi) is 5.15. The number of aliphatic hydroxyl groups excluding tert-OH is 1. The van der Waals surface area contributed by atoms with Gasteiger partial charge >= 0.3 is 0 Å². The van der Waals surface area contributed by atoms with Crippen molar-refractivity contribution in [1.82, 2.24) is 4.90 Å². The second kappa shape index (κ2) is 6.86. The number of hydrogen-bond acceptors (Lipinski definition) is 4. The summed E-state index contributed by atoms with van der Waals surface area (Å²) in [6.45, 7) is 3.35. The first kappa shape index (κ1) is 15.0. The normalized spacial score (nSPS) is 20.0. The van der Waals surface area contributed by atoms with Gasteiger partial charge in [0.2, 0.25) is 0 Å². The highest BCUT2D eigenvalue weighted by atomic mass is 16.3. The predicted octanol–water partition coefficient (Wildman–Crippen LogP) is 2.33. The van der Waals surface area contributed by atoms with E-state index in [1.807, 2.05) is 0 Å². The van der Waals surface area contributed by atoms with E-state index >= 15 is 0 Å². The van der Waals surface area contributed by atoms with Crippen molar-refractivity contribution in [3.8, 4) is 5.75 Å². The second-order valence-electron chi connectivity index (χ2n) is 5.53. The van der Waals surface area contributed by atoms with Crippen molar-refractivity contribution in [3.63, 3.8) is 0 Å². The Hall–Kier alpha value is -1.39. The Morgan fingerprint density at radius 3 is 2.90 bits per heavy atom. The molecule has 110 valence electrons. The second-order valence-corrected chi connectivity index (χ2v) is 5.53. The minimum absolute atomic E-state index is 0.0109. The molecule has 2 rings (SSSR count). The molecule has 1 fully saturated rings. The van der Waals surface area contributed by atoms with Gasteiger partial charge in [-0.05, 0) is 50.9 Å². The molecule has 2 N–H and O–H groups in total. The fourth-order valence-corrected chi connectivity index (χ4v) is 2.89. The average molecular weight is 277 g/mol. The molecule has 4 heteroatoms. The van der Waals surface area contributed by atoms with Crippen molar-refractivity contribution in [2.24, 2.45) is 0 Å². The molecular formula is C16H23NO3. The number of nitrogens with zero attached hydrogens (tertiary/aromatic N) is 1. The van der Waals surface area contributed by atoms with Crippen molar-refractivity contribution in [3.05, 3.63) is 29.3 Å². The molecule has 1 atom stereocenters. The highest BCUT2D eigenvalue weighted by Gasteiger charge is 2.22. The van der Waals surface area contributed by atoms with Crippen LogP contribution in [-0.4, -0.2) is 40.1 Å². The Bertz CT molecular complexity index is 471. The molecule has 0 aliphatic carbocycles. The summed E-state index contributed by atoms with van der Waals surface area (Å²) in [7, 11) is 0. The zero-order valence-electron chi connectivity index (χ0n) is 12.0. The van der Waals surface area contributed by atoms with Crippen LogP contribution in [0, 0.1) is 0 Å². The van der Waals surface area contributed by atoms with Gasteiger partial charge in [-0.15, -0.1) is 0 Å². The molecule has 1 aromatic carbocycles. The quantitative estimate of drug-likeness (QED) is 0.811. The van der Waals surface area contributed by atoms with Crippen LogP contribution in [0.15, 0.2) is 18.2 Å². The minimum Gasteiger partial charge on any atom is -0.508 e. The number of benzene rings is 1. The van der Waals surface area contributed by atoms with E-state index in [2.05, 4.69) is 4.90 Å². The maximum atomic E-state index is 11.4. The highest BCUT2D eigenvalue weighted by Crippen LogP contribution is 2.26. The zero-order valence-corrected chi connectivity index (χ0v) is 12.0. The zero-order chi connectivity index (χ0) is 14.5. The predicted molar refractivity (Wildman–Crippen MR) is 77.9 cm³/mol. The molecule has 1 saturated heterocycles. The summed E-state index contributed by atoms with van der Waals surface area (Å²) < 4.78 is 0. The summed E-state index contributed by atoms with van der Waals surface area (Å²) in [5.74, 6) is 0.250. The third-order valence-electron chi connectivity index (χ3n) is 4.07. The number of aromatic hydroxyl groups is 1. The number of carbonyl (C=O) groups is 1. The van der Waals surface area contributed by atoms with Crippen LogP contribution in [-0.2, 0) is 6.54 Å². The van der Waals surface area contributed by atoms with E-state index in [1.165, 1.54) is 13.3 Å². The lowest BCUT2D eigenvalue weighted by molar-refractivity contribution is 0.101. The van der Waals surface area contributed by atoms with E-state index in [0.717, 1.165) is 31.4 Å². The van der Waals surface area contributed by atoms with Gasteiger partial charge in [0.05, 0.1) is 0 Å². The summed E-state index contributed by atoms with van der Waals surface area (Å²) in [5.41, 5.74) is 1.43. The van der Waals surface area contributed by atoms with E-state index in [9.17, 15) is 9.90 Å². The molecule has 20 heavy (non-hydrogen) atoms. The number of carbonyl (C=O) groups excluding carboxylic acids is 1.